The maximum atomic E-state index is 6.03. The van der Waals surface area contributed by atoms with Crippen LogP contribution in [-0.2, 0) is 4.74 Å². The quantitative estimate of drug-likeness (QED) is 0.704. The molecule has 13 heavy (non-hydrogen) atoms. The summed E-state index contributed by atoms with van der Waals surface area (Å²) in [5.74, 6) is 2.15. The fourth-order valence-electron chi connectivity index (χ4n) is 1.36. The molecular weight excluding hydrogens is 182 g/mol. The molecule has 1 aliphatic heterocycles. The molecule has 0 aromatic heterocycles. The van der Waals surface area contributed by atoms with Crippen LogP contribution in [-0.4, -0.2) is 30.3 Å². The van der Waals surface area contributed by atoms with Gasteiger partial charge in [0.1, 0.15) is 0 Å². The molecule has 0 bridgehead atoms. The normalized spacial score (nSPS) is 25.5. The molecular formula is C10H19NOS. The van der Waals surface area contributed by atoms with E-state index in [0.717, 1.165) is 31.0 Å². The second-order valence-electron chi connectivity index (χ2n) is 3.46. The van der Waals surface area contributed by atoms with E-state index in [1.165, 1.54) is 5.57 Å². The van der Waals surface area contributed by atoms with Crippen LogP contribution in [0.15, 0.2) is 12.2 Å². The number of hydrogen-bond donors (Lipinski definition) is 1. The molecule has 1 rings (SSSR count). The fourth-order valence-corrected chi connectivity index (χ4v) is 2.32. The van der Waals surface area contributed by atoms with E-state index in [1.54, 1.807) is 0 Å². The second-order valence-corrected chi connectivity index (χ2v) is 4.61. The Bertz CT molecular complexity index is 166. The van der Waals surface area contributed by atoms with Crippen molar-refractivity contribution in [2.45, 2.75) is 31.9 Å². The third-order valence-corrected chi connectivity index (χ3v) is 3.36. The molecule has 0 saturated carbocycles. The molecule has 1 fully saturated rings. The van der Waals surface area contributed by atoms with Gasteiger partial charge in [-0.2, -0.15) is 11.8 Å². The van der Waals surface area contributed by atoms with Crippen LogP contribution in [0.5, 0.6) is 0 Å². The van der Waals surface area contributed by atoms with Crippen molar-refractivity contribution < 1.29 is 4.74 Å². The first-order valence-corrected chi connectivity index (χ1v) is 6.01. The topological polar surface area (TPSA) is 35.2 Å². The molecule has 2 nitrogen and oxygen atoms in total. The van der Waals surface area contributed by atoms with Crippen LogP contribution in [0.25, 0.3) is 0 Å². The molecule has 0 spiro atoms. The average Bonchev–Trinajstić information content (AvgIpc) is 2.19. The first-order valence-electron chi connectivity index (χ1n) is 4.85. The van der Waals surface area contributed by atoms with Crippen molar-refractivity contribution in [3.8, 4) is 0 Å². The minimum atomic E-state index is 0.139. The Morgan fingerprint density at radius 3 is 3.08 bits per heavy atom. The molecule has 3 heteroatoms. The predicted molar refractivity (Wildman–Crippen MR) is 59.1 cm³/mol. The Morgan fingerprint density at radius 2 is 2.54 bits per heavy atom. The number of thioether (sulfide) groups is 1. The molecule has 1 aliphatic rings. The summed E-state index contributed by atoms with van der Waals surface area (Å²) in [4.78, 5) is 0. The van der Waals surface area contributed by atoms with Crippen LogP contribution in [0.2, 0.25) is 0 Å². The van der Waals surface area contributed by atoms with Crippen molar-refractivity contribution in [1.29, 1.82) is 0 Å². The van der Waals surface area contributed by atoms with Crippen molar-refractivity contribution >= 4 is 11.8 Å². The lowest BCUT2D eigenvalue weighted by atomic mass is 10.0. The van der Waals surface area contributed by atoms with Gasteiger partial charge in [-0.15, -0.1) is 0 Å². The van der Waals surface area contributed by atoms with Crippen LogP contribution in [0.4, 0.5) is 0 Å². The van der Waals surface area contributed by atoms with E-state index in [2.05, 4.69) is 13.5 Å². The minimum absolute atomic E-state index is 0.139. The Morgan fingerprint density at radius 1 is 1.77 bits per heavy atom. The van der Waals surface area contributed by atoms with E-state index in [9.17, 15) is 0 Å². The van der Waals surface area contributed by atoms with Crippen molar-refractivity contribution in [1.82, 2.24) is 0 Å². The maximum absolute atomic E-state index is 6.03. The van der Waals surface area contributed by atoms with Gasteiger partial charge in [-0.1, -0.05) is 19.1 Å². The third-order valence-electron chi connectivity index (χ3n) is 2.34. The Kier molecular flexibility index (Phi) is 4.84. The van der Waals surface area contributed by atoms with E-state index < -0.39 is 0 Å². The van der Waals surface area contributed by atoms with Gasteiger partial charge in [0, 0.05) is 17.5 Å². The molecule has 2 N–H and O–H groups in total. The van der Waals surface area contributed by atoms with Gasteiger partial charge in [0.2, 0.25) is 0 Å². The molecule has 2 atom stereocenters. The van der Waals surface area contributed by atoms with Gasteiger partial charge >= 0.3 is 0 Å². The number of hydrogen-bond acceptors (Lipinski definition) is 3. The highest BCUT2D eigenvalue weighted by molar-refractivity contribution is 7.99. The number of nitrogens with two attached hydrogens (primary N) is 1. The lowest BCUT2D eigenvalue weighted by Crippen LogP contribution is -2.41. The summed E-state index contributed by atoms with van der Waals surface area (Å²) in [7, 11) is 0. The smallest absolute Gasteiger partial charge is 0.0819 e. The molecule has 0 radical (unpaired) electrons. The largest absolute Gasteiger partial charge is 0.375 e. The highest BCUT2D eigenvalue weighted by Crippen LogP contribution is 2.18. The molecule has 0 aliphatic carbocycles. The van der Waals surface area contributed by atoms with Crippen LogP contribution >= 0.6 is 11.8 Å². The van der Waals surface area contributed by atoms with E-state index in [-0.39, 0.29) is 12.1 Å². The van der Waals surface area contributed by atoms with E-state index in [1.807, 2.05) is 11.8 Å². The van der Waals surface area contributed by atoms with Crippen molar-refractivity contribution in [3.63, 3.8) is 0 Å². The van der Waals surface area contributed by atoms with Crippen LogP contribution < -0.4 is 5.73 Å². The summed E-state index contributed by atoms with van der Waals surface area (Å²) < 4.78 is 5.60. The van der Waals surface area contributed by atoms with Gasteiger partial charge < -0.3 is 10.5 Å². The van der Waals surface area contributed by atoms with Crippen LogP contribution in [0, 0.1) is 0 Å². The molecule has 2 unspecified atom stereocenters. The first-order chi connectivity index (χ1) is 6.24. The zero-order valence-corrected chi connectivity index (χ0v) is 9.11. The monoisotopic (exact) mass is 201 g/mol. The third kappa shape index (κ3) is 3.71. The van der Waals surface area contributed by atoms with Gasteiger partial charge in [0.15, 0.2) is 0 Å². The lowest BCUT2D eigenvalue weighted by Gasteiger charge is -2.27. The molecule has 1 saturated heterocycles. The Labute approximate surface area is 84.9 Å². The zero-order chi connectivity index (χ0) is 9.68. The number of rotatable bonds is 4. The van der Waals surface area contributed by atoms with Gasteiger partial charge in [-0.25, -0.2) is 0 Å². The molecule has 0 aromatic carbocycles. The average molecular weight is 201 g/mol. The lowest BCUT2D eigenvalue weighted by molar-refractivity contribution is 0.0571. The van der Waals surface area contributed by atoms with E-state index in [4.69, 9.17) is 10.5 Å². The summed E-state index contributed by atoms with van der Waals surface area (Å²) in [5, 5.41) is 0. The standard InChI is InChI=1S/C10H19NOS/c1-3-8(2)6-9(11)10-7-13-5-4-12-10/h9-10H,2-7,11H2,1H3. The number of ether oxygens (including phenoxy) is 1. The van der Waals surface area contributed by atoms with E-state index in [0.29, 0.717) is 0 Å². The second kappa shape index (κ2) is 5.68. The van der Waals surface area contributed by atoms with E-state index >= 15 is 0 Å². The maximum Gasteiger partial charge on any atom is 0.0819 e. The van der Waals surface area contributed by atoms with Crippen LogP contribution in [0.1, 0.15) is 19.8 Å². The molecule has 0 aromatic rings. The Hall–Kier alpha value is 0.01000. The summed E-state index contributed by atoms with van der Waals surface area (Å²) in [6.07, 6.45) is 2.16. The van der Waals surface area contributed by atoms with Crippen molar-refractivity contribution in [3.05, 3.63) is 12.2 Å². The van der Waals surface area contributed by atoms with Crippen molar-refractivity contribution in [2.24, 2.45) is 5.73 Å². The molecule has 0 amide bonds. The van der Waals surface area contributed by atoms with Gasteiger partial charge in [0.25, 0.3) is 0 Å². The van der Waals surface area contributed by atoms with Gasteiger partial charge in [-0.05, 0) is 12.8 Å². The highest BCUT2D eigenvalue weighted by Gasteiger charge is 2.21. The molecule has 76 valence electrons. The fraction of sp³-hybridized carbons (Fsp3) is 0.800. The minimum Gasteiger partial charge on any atom is -0.375 e. The van der Waals surface area contributed by atoms with Gasteiger partial charge in [0.05, 0.1) is 12.7 Å². The van der Waals surface area contributed by atoms with Crippen LogP contribution in [0.3, 0.4) is 0 Å². The first kappa shape index (κ1) is 11.1. The highest BCUT2D eigenvalue weighted by atomic mass is 32.2. The molecule has 1 heterocycles. The van der Waals surface area contributed by atoms with Gasteiger partial charge in [-0.3, -0.25) is 0 Å². The zero-order valence-electron chi connectivity index (χ0n) is 8.29. The van der Waals surface area contributed by atoms with Crippen molar-refractivity contribution in [2.75, 3.05) is 18.1 Å². The summed E-state index contributed by atoms with van der Waals surface area (Å²) in [6.45, 7) is 6.93. The Balaban J connectivity index is 2.28. The SMILES string of the molecule is C=C(CC)CC(N)C1CSCCO1. The predicted octanol–water partition coefficient (Wildman–Crippen LogP) is 1.80. The summed E-state index contributed by atoms with van der Waals surface area (Å²) in [6, 6.07) is 0.139. The summed E-state index contributed by atoms with van der Waals surface area (Å²) in [5.41, 5.74) is 7.25. The summed E-state index contributed by atoms with van der Waals surface area (Å²) >= 11 is 1.93.